The molecule has 9 heteroatoms. The second kappa shape index (κ2) is 7.79. The van der Waals surface area contributed by atoms with Crippen LogP contribution in [0.5, 0.6) is 0 Å². The highest BCUT2D eigenvalue weighted by Gasteiger charge is 2.56. The van der Waals surface area contributed by atoms with Gasteiger partial charge in [-0.3, -0.25) is 0 Å². The molecule has 1 saturated heterocycles. The van der Waals surface area contributed by atoms with Crippen molar-refractivity contribution in [2.75, 3.05) is 7.05 Å². The van der Waals surface area contributed by atoms with E-state index in [1.54, 1.807) is 42.2 Å². The normalized spacial score (nSPS) is 30.5. The maximum Gasteiger partial charge on any atom is 0.180 e. The fourth-order valence-corrected chi connectivity index (χ4v) is 4.20. The molecule has 0 aliphatic carbocycles. The molecule has 0 unspecified atom stereocenters. The highest BCUT2D eigenvalue weighted by Crippen LogP contribution is 2.43. The number of aromatic nitrogens is 1. The molecular formula is C21H25ClN4O4. The molecule has 0 saturated carbocycles. The molecule has 30 heavy (non-hydrogen) atoms. The summed E-state index contributed by atoms with van der Waals surface area (Å²) in [5.74, 6) is 0.532. The van der Waals surface area contributed by atoms with Crippen molar-refractivity contribution < 1.29 is 20.1 Å². The summed E-state index contributed by atoms with van der Waals surface area (Å²) in [5, 5.41) is 37.7. The van der Waals surface area contributed by atoms with Gasteiger partial charge in [0.15, 0.2) is 12.1 Å². The number of benzene rings is 1. The number of halogens is 1. The zero-order valence-electron chi connectivity index (χ0n) is 17.0. The Morgan fingerprint density at radius 1 is 1.40 bits per heavy atom. The lowest BCUT2D eigenvalue weighted by Gasteiger charge is -2.30. The van der Waals surface area contributed by atoms with E-state index in [2.05, 4.69) is 15.5 Å². The van der Waals surface area contributed by atoms with Crippen molar-refractivity contribution in [3.63, 3.8) is 0 Å². The molecule has 2 aliphatic rings. The van der Waals surface area contributed by atoms with Gasteiger partial charge in [0, 0.05) is 42.2 Å². The Labute approximate surface area is 179 Å². The molecule has 5 atom stereocenters. The van der Waals surface area contributed by atoms with Crippen LogP contribution in [0.4, 0.5) is 0 Å². The molecule has 0 bridgehead atoms. The van der Waals surface area contributed by atoms with E-state index in [4.69, 9.17) is 16.3 Å². The Morgan fingerprint density at radius 3 is 2.87 bits per heavy atom. The van der Waals surface area contributed by atoms with E-state index in [1.165, 1.54) is 6.92 Å². The van der Waals surface area contributed by atoms with Gasteiger partial charge < -0.3 is 30.0 Å². The van der Waals surface area contributed by atoms with Crippen molar-refractivity contribution in [3.05, 3.63) is 57.9 Å². The van der Waals surface area contributed by atoms with Gasteiger partial charge in [0.2, 0.25) is 0 Å². The van der Waals surface area contributed by atoms with E-state index in [-0.39, 0.29) is 0 Å². The average Bonchev–Trinajstić information content (AvgIpc) is 3.24. The monoisotopic (exact) mass is 432 g/mol. The summed E-state index contributed by atoms with van der Waals surface area (Å²) in [5.41, 5.74) is 4.08. The number of nitrogens with one attached hydrogen (secondary N) is 1. The predicted molar refractivity (Wildman–Crippen MR) is 114 cm³/mol. The van der Waals surface area contributed by atoms with Gasteiger partial charge in [-0.25, -0.2) is 4.99 Å². The molecule has 0 amide bonds. The fourth-order valence-electron chi connectivity index (χ4n) is 4.08. The highest BCUT2D eigenvalue weighted by molar-refractivity contribution is 6.31. The summed E-state index contributed by atoms with van der Waals surface area (Å²) in [7, 11) is 1.69. The number of nitrogens with zero attached hydrogens (tertiary/aromatic N) is 3. The smallest absolute Gasteiger partial charge is 0.180 e. The molecule has 4 rings (SSSR count). The standard InChI is InChI=1S/C21H25ClN4O4/c1-11-10-12(4-5-14(11)22)16(27)18-21(2,29)17(28)20(30-18)26-9-7-13-15(26)6-8-24-19(13)25-23-3/h4-5,7-10,16-18,20,23,27-29H,6H2,1-3H3/b25-19+/t16-,17+,18-,20-,21+/m1/s1. The summed E-state index contributed by atoms with van der Waals surface area (Å²) in [6.45, 7) is 3.31. The highest BCUT2D eigenvalue weighted by atomic mass is 35.5. The second-order valence-corrected chi connectivity index (χ2v) is 8.24. The van der Waals surface area contributed by atoms with Crippen LogP contribution in [0, 0.1) is 6.92 Å². The fraction of sp³-hybridized carbons (Fsp3) is 0.429. The zero-order chi connectivity index (χ0) is 21.6. The Balaban J connectivity index is 1.67. The molecule has 1 aromatic carbocycles. The van der Waals surface area contributed by atoms with Gasteiger partial charge in [-0.1, -0.05) is 23.7 Å². The van der Waals surface area contributed by atoms with Crippen LogP contribution in [0.15, 0.2) is 40.6 Å². The number of fused-ring (bicyclic) bond motifs is 1. The van der Waals surface area contributed by atoms with E-state index in [1.807, 2.05) is 13.0 Å². The largest absolute Gasteiger partial charge is 0.386 e. The third-order valence-corrected chi connectivity index (χ3v) is 6.22. The van der Waals surface area contributed by atoms with Crippen LogP contribution in [0.1, 0.15) is 41.6 Å². The summed E-state index contributed by atoms with van der Waals surface area (Å²) in [4.78, 5) is 4.29. The Kier molecular flexibility index (Phi) is 5.46. The van der Waals surface area contributed by atoms with Crippen molar-refractivity contribution in [2.45, 2.75) is 50.4 Å². The van der Waals surface area contributed by atoms with Gasteiger partial charge in [-0.05, 0) is 37.1 Å². The number of hydrazone groups is 1. The third kappa shape index (κ3) is 3.34. The summed E-state index contributed by atoms with van der Waals surface area (Å²) in [6.07, 6.45) is -0.287. The molecule has 0 radical (unpaired) electrons. The number of hydrogen-bond donors (Lipinski definition) is 4. The molecule has 2 aromatic rings. The maximum atomic E-state index is 11.1. The Hall–Kier alpha value is -2.23. The van der Waals surface area contributed by atoms with Crippen LogP contribution in [0.3, 0.4) is 0 Å². The molecule has 0 spiro atoms. The first kappa shape index (κ1) is 21.0. The van der Waals surface area contributed by atoms with Gasteiger partial charge in [-0.15, -0.1) is 0 Å². The zero-order valence-corrected chi connectivity index (χ0v) is 17.7. The number of amidine groups is 1. The lowest BCUT2D eigenvalue weighted by molar-refractivity contribution is -0.115. The van der Waals surface area contributed by atoms with Gasteiger partial charge >= 0.3 is 0 Å². The van der Waals surface area contributed by atoms with Crippen molar-refractivity contribution >= 4 is 23.7 Å². The van der Waals surface area contributed by atoms with E-state index in [9.17, 15) is 15.3 Å². The number of aliphatic hydroxyl groups excluding tert-OH is 2. The molecule has 3 heterocycles. The van der Waals surface area contributed by atoms with E-state index in [0.29, 0.717) is 22.8 Å². The minimum Gasteiger partial charge on any atom is -0.386 e. The summed E-state index contributed by atoms with van der Waals surface area (Å²) in [6, 6.07) is 6.98. The predicted octanol–water partition coefficient (Wildman–Crippen LogP) is 1.70. The van der Waals surface area contributed by atoms with Crippen LogP contribution in [-0.2, 0) is 11.2 Å². The van der Waals surface area contributed by atoms with E-state index >= 15 is 0 Å². The van der Waals surface area contributed by atoms with Gasteiger partial charge in [0.1, 0.15) is 23.9 Å². The Bertz CT molecular complexity index is 1020. The number of rotatable bonds is 4. The van der Waals surface area contributed by atoms with E-state index < -0.39 is 30.1 Å². The number of aryl methyl sites for hydroxylation is 1. The maximum absolute atomic E-state index is 11.1. The molecule has 2 aliphatic heterocycles. The first-order valence-electron chi connectivity index (χ1n) is 9.72. The molecule has 1 aromatic heterocycles. The van der Waals surface area contributed by atoms with Gasteiger partial charge in [0.25, 0.3) is 0 Å². The molecule has 1 fully saturated rings. The lowest BCUT2D eigenvalue weighted by atomic mass is 9.88. The number of aliphatic hydroxyl groups is 3. The topological polar surface area (TPSA) is 112 Å². The van der Waals surface area contributed by atoms with E-state index in [0.717, 1.165) is 16.8 Å². The van der Waals surface area contributed by atoms with Crippen molar-refractivity contribution in [1.29, 1.82) is 0 Å². The van der Waals surface area contributed by atoms with Crippen molar-refractivity contribution in [2.24, 2.45) is 10.1 Å². The Morgan fingerprint density at radius 2 is 2.17 bits per heavy atom. The molecule has 4 N–H and O–H groups in total. The molecule has 160 valence electrons. The second-order valence-electron chi connectivity index (χ2n) is 7.83. The molecular weight excluding hydrogens is 408 g/mol. The summed E-state index contributed by atoms with van der Waals surface area (Å²) < 4.78 is 7.83. The minimum absolute atomic E-state index is 0.531. The van der Waals surface area contributed by atoms with Crippen LogP contribution < -0.4 is 5.43 Å². The molecule has 8 nitrogen and oxygen atoms in total. The van der Waals surface area contributed by atoms with Gasteiger partial charge in [-0.2, -0.15) is 5.10 Å². The van der Waals surface area contributed by atoms with Crippen molar-refractivity contribution in [1.82, 2.24) is 9.99 Å². The van der Waals surface area contributed by atoms with Gasteiger partial charge in [0.05, 0.1) is 0 Å². The van der Waals surface area contributed by atoms with Crippen LogP contribution >= 0.6 is 11.6 Å². The van der Waals surface area contributed by atoms with Crippen LogP contribution in [0.25, 0.3) is 0 Å². The number of ether oxygens (including phenoxy) is 1. The minimum atomic E-state index is -1.68. The van der Waals surface area contributed by atoms with Crippen LogP contribution in [0.2, 0.25) is 5.02 Å². The number of hydrogen-bond acceptors (Lipinski definition) is 6. The first-order valence-corrected chi connectivity index (χ1v) is 10.1. The van der Waals surface area contributed by atoms with Crippen molar-refractivity contribution in [3.8, 4) is 0 Å². The van der Waals surface area contributed by atoms with Crippen LogP contribution in [-0.4, -0.2) is 56.8 Å². The third-order valence-electron chi connectivity index (χ3n) is 5.80. The quantitative estimate of drug-likeness (QED) is 0.549. The average molecular weight is 433 g/mol. The lowest BCUT2D eigenvalue weighted by Crippen LogP contribution is -2.47. The summed E-state index contributed by atoms with van der Waals surface area (Å²) >= 11 is 6.09. The first-order chi connectivity index (χ1) is 14.3. The SMILES string of the molecule is CN/N=C1/N=CCc2c1ccn2[C@@H]1O[C@H]([C@H](O)c2ccc(Cl)c(C)c2)[C@@](C)(O)[C@H]1O. The number of aliphatic imine (C=N–C) groups is 1.